The molecule has 0 aliphatic carbocycles. The number of hydrogen-bond acceptors (Lipinski definition) is 6. The molecule has 18 heavy (non-hydrogen) atoms. The number of hydrogen-bond donors (Lipinski definition) is 2. The Labute approximate surface area is 108 Å². The molecular formula is C12H22N4O2. The van der Waals surface area contributed by atoms with E-state index < -0.39 is 0 Å². The molecule has 6 heteroatoms. The van der Waals surface area contributed by atoms with Crippen molar-refractivity contribution in [3.05, 3.63) is 11.9 Å². The minimum atomic E-state index is 0.181. The summed E-state index contributed by atoms with van der Waals surface area (Å²) in [5.74, 6) is 2.26. The van der Waals surface area contributed by atoms with Crippen molar-refractivity contribution in [1.29, 1.82) is 0 Å². The molecule has 0 saturated carbocycles. The monoisotopic (exact) mass is 254 g/mol. The molecule has 2 N–H and O–H groups in total. The largest absolute Gasteiger partial charge is 0.396 e. The second kappa shape index (κ2) is 7.84. The molecular weight excluding hydrogens is 232 g/mol. The summed E-state index contributed by atoms with van der Waals surface area (Å²) in [7, 11) is 3.77. The number of aliphatic hydroxyl groups excluding tert-OH is 1. The van der Waals surface area contributed by atoms with Gasteiger partial charge in [0.05, 0.1) is 0 Å². The van der Waals surface area contributed by atoms with Crippen LogP contribution in [-0.2, 0) is 11.3 Å². The molecule has 0 bridgehead atoms. The topological polar surface area (TPSA) is 70.5 Å². The van der Waals surface area contributed by atoms with Crippen LogP contribution in [0.25, 0.3) is 0 Å². The predicted octanol–water partition coefficient (Wildman–Crippen LogP) is 0.873. The van der Waals surface area contributed by atoms with Gasteiger partial charge in [0.2, 0.25) is 0 Å². The molecule has 0 saturated heterocycles. The molecule has 0 spiro atoms. The van der Waals surface area contributed by atoms with Crippen LogP contribution in [0, 0.1) is 0 Å². The van der Waals surface area contributed by atoms with Gasteiger partial charge in [-0.2, -0.15) is 0 Å². The van der Waals surface area contributed by atoms with Crippen molar-refractivity contribution < 1.29 is 9.84 Å². The lowest BCUT2D eigenvalue weighted by Gasteiger charge is -2.19. The highest BCUT2D eigenvalue weighted by atomic mass is 16.5. The normalized spacial score (nSPS) is 10.4. The van der Waals surface area contributed by atoms with Crippen molar-refractivity contribution in [2.45, 2.75) is 20.0 Å². The fourth-order valence-corrected chi connectivity index (χ4v) is 1.49. The number of aromatic nitrogens is 2. The van der Waals surface area contributed by atoms with Gasteiger partial charge in [0, 0.05) is 39.9 Å². The summed E-state index contributed by atoms with van der Waals surface area (Å²) >= 11 is 0. The molecule has 1 aromatic heterocycles. The quantitative estimate of drug-likeness (QED) is 0.717. The average molecular weight is 254 g/mol. The van der Waals surface area contributed by atoms with E-state index in [2.05, 4.69) is 15.3 Å². The zero-order valence-corrected chi connectivity index (χ0v) is 11.3. The van der Waals surface area contributed by atoms with Crippen LogP contribution < -0.4 is 10.2 Å². The number of rotatable bonds is 8. The molecule has 0 aliphatic heterocycles. The summed E-state index contributed by atoms with van der Waals surface area (Å²) in [5.41, 5.74) is 0. The standard InChI is InChI=1S/C12H22N4O2/c1-4-18-9-11-14-10(13-2)8-12(15-11)16(3)6-5-7-17/h8,17H,4-7,9H2,1-3H3,(H,13,14,15). The van der Waals surface area contributed by atoms with Gasteiger partial charge in [-0.1, -0.05) is 0 Å². The van der Waals surface area contributed by atoms with Gasteiger partial charge in [0.15, 0.2) is 5.82 Å². The van der Waals surface area contributed by atoms with Crippen LogP contribution in [0.4, 0.5) is 11.6 Å². The summed E-state index contributed by atoms with van der Waals surface area (Å²) in [6.07, 6.45) is 0.718. The van der Waals surface area contributed by atoms with E-state index in [1.165, 1.54) is 0 Å². The Hall–Kier alpha value is -1.40. The van der Waals surface area contributed by atoms with Gasteiger partial charge in [0.25, 0.3) is 0 Å². The maximum absolute atomic E-state index is 8.84. The van der Waals surface area contributed by atoms with E-state index in [4.69, 9.17) is 9.84 Å². The maximum Gasteiger partial charge on any atom is 0.158 e. The number of nitrogens with one attached hydrogen (secondary N) is 1. The number of ether oxygens (including phenoxy) is 1. The number of nitrogens with zero attached hydrogens (tertiary/aromatic N) is 3. The Morgan fingerprint density at radius 1 is 1.44 bits per heavy atom. The third kappa shape index (κ3) is 4.46. The van der Waals surface area contributed by atoms with E-state index in [0.717, 1.165) is 24.6 Å². The van der Waals surface area contributed by atoms with Crippen LogP contribution in [0.1, 0.15) is 19.2 Å². The molecule has 1 heterocycles. The summed E-state index contributed by atoms with van der Waals surface area (Å²) < 4.78 is 5.32. The zero-order chi connectivity index (χ0) is 13.4. The first-order valence-corrected chi connectivity index (χ1v) is 6.16. The summed E-state index contributed by atoms with van der Waals surface area (Å²) in [6, 6.07) is 1.88. The van der Waals surface area contributed by atoms with Crippen molar-refractivity contribution in [3.8, 4) is 0 Å². The van der Waals surface area contributed by atoms with Gasteiger partial charge in [-0.3, -0.25) is 0 Å². The molecule has 0 aliphatic rings. The molecule has 0 aromatic carbocycles. The Kier molecular flexibility index (Phi) is 6.38. The molecule has 102 valence electrons. The molecule has 1 aromatic rings. The fourth-order valence-electron chi connectivity index (χ4n) is 1.49. The SMILES string of the molecule is CCOCc1nc(NC)cc(N(C)CCCO)n1. The molecule has 6 nitrogen and oxygen atoms in total. The van der Waals surface area contributed by atoms with E-state index in [0.29, 0.717) is 19.0 Å². The highest BCUT2D eigenvalue weighted by molar-refractivity contribution is 5.48. The second-order valence-electron chi connectivity index (χ2n) is 3.91. The van der Waals surface area contributed by atoms with Crippen LogP contribution in [0.3, 0.4) is 0 Å². The minimum absolute atomic E-state index is 0.181. The second-order valence-corrected chi connectivity index (χ2v) is 3.91. The van der Waals surface area contributed by atoms with Crippen molar-refractivity contribution in [2.75, 3.05) is 44.1 Å². The van der Waals surface area contributed by atoms with Crippen LogP contribution in [0.2, 0.25) is 0 Å². The predicted molar refractivity (Wildman–Crippen MR) is 71.9 cm³/mol. The van der Waals surface area contributed by atoms with E-state index >= 15 is 0 Å². The lowest BCUT2D eigenvalue weighted by molar-refractivity contribution is 0.128. The van der Waals surface area contributed by atoms with Gasteiger partial charge in [-0.25, -0.2) is 9.97 Å². The third-order valence-electron chi connectivity index (χ3n) is 2.49. The molecule has 1 rings (SSSR count). The van der Waals surface area contributed by atoms with E-state index in [1.54, 1.807) is 0 Å². The van der Waals surface area contributed by atoms with Gasteiger partial charge in [-0.15, -0.1) is 0 Å². The lowest BCUT2D eigenvalue weighted by Crippen LogP contribution is -2.21. The zero-order valence-electron chi connectivity index (χ0n) is 11.3. The molecule has 0 fully saturated rings. The smallest absolute Gasteiger partial charge is 0.158 e. The van der Waals surface area contributed by atoms with Crippen LogP contribution in [-0.4, -0.2) is 48.9 Å². The van der Waals surface area contributed by atoms with Gasteiger partial charge < -0.3 is 20.1 Å². The first kappa shape index (κ1) is 14.7. The molecule has 0 atom stereocenters. The third-order valence-corrected chi connectivity index (χ3v) is 2.49. The van der Waals surface area contributed by atoms with Gasteiger partial charge in [0.1, 0.15) is 18.2 Å². The summed E-state index contributed by atoms with van der Waals surface area (Å²) in [6.45, 7) is 3.93. The maximum atomic E-state index is 8.84. The summed E-state index contributed by atoms with van der Waals surface area (Å²) in [5, 5.41) is 11.9. The Morgan fingerprint density at radius 2 is 2.22 bits per heavy atom. The van der Waals surface area contributed by atoms with E-state index in [-0.39, 0.29) is 6.61 Å². The highest BCUT2D eigenvalue weighted by Gasteiger charge is 2.07. The van der Waals surface area contributed by atoms with Crippen molar-refractivity contribution in [2.24, 2.45) is 0 Å². The molecule has 0 unspecified atom stereocenters. The number of anilines is 2. The molecule has 0 amide bonds. The van der Waals surface area contributed by atoms with E-state index in [1.807, 2.05) is 32.0 Å². The minimum Gasteiger partial charge on any atom is -0.396 e. The van der Waals surface area contributed by atoms with E-state index in [9.17, 15) is 0 Å². The van der Waals surface area contributed by atoms with Crippen molar-refractivity contribution in [1.82, 2.24) is 9.97 Å². The van der Waals surface area contributed by atoms with Gasteiger partial charge in [-0.05, 0) is 13.3 Å². The lowest BCUT2D eigenvalue weighted by atomic mass is 10.4. The highest BCUT2D eigenvalue weighted by Crippen LogP contribution is 2.15. The van der Waals surface area contributed by atoms with Gasteiger partial charge >= 0.3 is 0 Å². The average Bonchev–Trinajstić information content (AvgIpc) is 2.41. The first-order valence-electron chi connectivity index (χ1n) is 6.16. The van der Waals surface area contributed by atoms with Crippen molar-refractivity contribution in [3.63, 3.8) is 0 Å². The van der Waals surface area contributed by atoms with Crippen LogP contribution in [0.5, 0.6) is 0 Å². The van der Waals surface area contributed by atoms with Crippen LogP contribution in [0.15, 0.2) is 6.07 Å². The Balaban J connectivity index is 2.81. The van der Waals surface area contributed by atoms with Crippen LogP contribution >= 0.6 is 0 Å². The number of aliphatic hydroxyl groups is 1. The fraction of sp³-hybridized carbons (Fsp3) is 0.667. The Morgan fingerprint density at radius 3 is 2.83 bits per heavy atom. The molecule has 0 radical (unpaired) electrons. The summed E-state index contributed by atoms with van der Waals surface area (Å²) in [4.78, 5) is 10.8. The first-order chi connectivity index (χ1) is 8.71. The Bertz CT molecular complexity index is 360. The van der Waals surface area contributed by atoms with Crippen molar-refractivity contribution >= 4 is 11.6 Å².